The number of rotatable bonds is 5. The predicted molar refractivity (Wildman–Crippen MR) is 94.3 cm³/mol. The van der Waals surface area contributed by atoms with Crippen molar-refractivity contribution in [2.45, 2.75) is 49.1 Å². The van der Waals surface area contributed by atoms with E-state index in [2.05, 4.69) is 5.32 Å². The molecule has 0 aromatic heterocycles. The van der Waals surface area contributed by atoms with Crippen molar-refractivity contribution in [1.29, 1.82) is 0 Å². The maximum absolute atomic E-state index is 12.9. The quantitative estimate of drug-likeness (QED) is 0.815. The van der Waals surface area contributed by atoms with Crippen LogP contribution in [0.4, 0.5) is 0 Å². The fourth-order valence-electron chi connectivity index (χ4n) is 2.86. The van der Waals surface area contributed by atoms with Crippen LogP contribution in [0.2, 0.25) is 0 Å². The molecule has 8 heteroatoms. The number of piperidine rings is 1. The number of hydrogen-bond donors (Lipinski definition) is 2. The van der Waals surface area contributed by atoms with Gasteiger partial charge in [0.2, 0.25) is 15.9 Å². The third kappa shape index (κ3) is 3.91. The van der Waals surface area contributed by atoms with Crippen LogP contribution < -0.4 is 11.1 Å². The number of carbonyl (C=O) groups excluding carboxylic acids is 1. The Balaban J connectivity index is 0.00000208. The zero-order chi connectivity index (χ0) is 16.5. The van der Waals surface area contributed by atoms with Crippen LogP contribution in [0.5, 0.6) is 0 Å². The highest BCUT2D eigenvalue weighted by molar-refractivity contribution is 7.89. The maximum atomic E-state index is 12.9. The Kier molecular flexibility index (Phi) is 5.91. The minimum Gasteiger partial charge on any atom is -0.350 e. The van der Waals surface area contributed by atoms with Crippen LogP contribution in [0.1, 0.15) is 37.7 Å². The molecule has 1 aromatic rings. The predicted octanol–water partition coefficient (Wildman–Crippen LogP) is 1.39. The first-order chi connectivity index (χ1) is 10.9. The third-order valence-electron chi connectivity index (χ3n) is 4.59. The molecule has 1 aliphatic carbocycles. The van der Waals surface area contributed by atoms with Crippen LogP contribution in [0.25, 0.3) is 0 Å². The van der Waals surface area contributed by atoms with Crippen molar-refractivity contribution in [3.05, 3.63) is 29.8 Å². The maximum Gasteiger partial charge on any atom is 0.243 e. The third-order valence-corrected chi connectivity index (χ3v) is 6.58. The molecule has 0 spiro atoms. The van der Waals surface area contributed by atoms with Crippen molar-refractivity contribution >= 4 is 28.3 Å². The van der Waals surface area contributed by atoms with Gasteiger partial charge in [0, 0.05) is 19.6 Å². The van der Waals surface area contributed by atoms with Gasteiger partial charge in [0.1, 0.15) is 0 Å². The normalized spacial score (nSPS) is 20.0. The summed E-state index contributed by atoms with van der Waals surface area (Å²) >= 11 is 0. The minimum atomic E-state index is -3.51. The highest BCUT2D eigenvalue weighted by Gasteiger charge is 2.45. The highest BCUT2D eigenvalue weighted by atomic mass is 35.5. The van der Waals surface area contributed by atoms with Crippen molar-refractivity contribution in [3.8, 4) is 0 Å². The molecular weight excluding hydrogens is 350 g/mol. The number of sulfonamides is 1. The largest absolute Gasteiger partial charge is 0.350 e. The van der Waals surface area contributed by atoms with Crippen LogP contribution in [-0.2, 0) is 21.4 Å². The molecule has 2 fully saturated rings. The minimum absolute atomic E-state index is 0. The molecule has 3 N–H and O–H groups in total. The van der Waals surface area contributed by atoms with E-state index in [1.165, 1.54) is 0 Å². The summed E-state index contributed by atoms with van der Waals surface area (Å²) in [6.07, 6.45) is 4.24. The van der Waals surface area contributed by atoms with Gasteiger partial charge in [-0.3, -0.25) is 4.79 Å². The summed E-state index contributed by atoms with van der Waals surface area (Å²) in [6.45, 7) is 1.31. The van der Waals surface area contributed by atoms with E-state index in [0.29, 0.717) is 31.5 Å². The molecule has 0 bridgehead atoms. The zero-order valence-electron chi connectivity index (χ0n) is 13.5. The first-order valence-electron chi connectivity index (χ1n) is 8.09. The Labute approximate surface area is 149 Å². The summed E-state index contributed by atoms with van der Waals surface area (Å²) in [6, 6.07) is 6.85. The Bertz CT molecular complexity index is 698. The van der Waals surface area contributed by atoms with Gasteiger partial charge < -0.3 is 11.1 Å². The Hall–Kier alpha value is -1.15. The molecule has 1 heterocycles. The second-order valence-electron chi connectivity index (χ2n) is 6.41. The van der Waals surface area contributed by atoms with Crippen molar-refractivity contribution in [1.82, 2.24) is 9.62 Å². The fourth-order valence-corrected chi connectivity index (χ4v) is 4.60. The van der Waals surface area contributed by atoms with Crippen LogP contribution in [-0.4, -0.2) is 37.3 Å². The lowest BCUT2D eigenvalue weighted by molar-refractivity contribution is -0.123. The number of nitrogens with two attached hydrogens (primary N) is 1. The Morgan fingerprint density at radius 3 is 2.42 bits per heavy atom. The number of carbonyl (C=O) groups is 1. The lowest BCUT2D eigenvalue weighted by Gasteiger charge is -2.27. The zero-order valence-corrected chi connectivity index (χ0v) is 15.2. The summed E-state index contributed by atoms with van der Waals surface area (Å²) in [5.74, 6) is -0.206. The van der Waals surface area contributed by atoms with Crippen molar-refractivity contribution in [2.24, 2.45) is 5.73 Å². The second kappa shape index (κ2) is 7.39. The van der Waals surface area contributed by atoms with Gasteiger partial charge >= 0.3 is 0 Å². The Morgan fingerprint density at radius 1 is 1.17 bits per heavy atom. The van der Waals surface area contributed by atoms with E-state index >= 15 is 0 Å². The number of benzene rings is 1. The van der Waals surface area contributed by atoms with Gasteiger partial charge in [-0.2, -0.15) is 4.31 Å². The molecule has 134 valence electrons. The molecule has 2 aliphatic rings. The molecule has 1 aromatic carbocycles. The van der Waals surface area contributed by atoms with E-state index in [1.807, 2.05) is 0 Å². The first kappa shape index (κ1) is 19.2. The number of nitrogens with one attached hydrogen (secondary N) is 1. The first-order valence-corrected chi connectivity index (χ1v) is 9.53. The van der Waals surface area contributed by atoms with E-state index in [0.717, 1.165) is 19.3 Å². The molecule has 24 heavy (non-hydrogen) atoms. The summed E-state index contributed by atoms with van der Waals surface area (Å²) in [5.41, 5.74) is 5.71. The van der Waals surface area contributed by atoms with E-state index in [9.17, 15) is 13.2 Å². The van der Waals surface area contributed by atoms with Crippen molar-refractivity contribution in [3.63, 3.8) is 0 Å². The number of hydrogen-bond acceptors (Lipinski definition) is 4. The Morgan fingerprint density at radius 2 is 1.79 bits per heavy atom. The second-order valence-corrected chi connectivity index (χ2v) is 8.32. The van der Waals surface area contributed by atoms with Crippen LogP contribution in [0, 0.1) is 0 Å². The van der Waals surface area contributed by atoms with Gasteiger partial charge in [-0.1, -0.05) is 24.6 Å². The van der Waals surface area contributed by atoms with Crippen LogP contribution in [0.15, 0.2) is 29.2 Å². The van der Waals surface area contributed by atoms with Crippen LogP contribution in [0.3, 0.4) is 0 Å². The van der Waals surface area contributed by atoms with E-state index in [1.54, 1.807) is 28.6 Å². The smallest absolute Gasteiger partial charge is 0.243 e. The molecule has 1 amide bonds. The van der Waals surface area contributed by atoms with E-state index in [4.69, 9.17) is 5.73 Å². The lowest BCUT2D eigenvalue weighted by Crippen LogP contribution is -2.42. The fraction of sp³-hybridized carbons (Fsp3) is 0.562. The van der Waals surface area contributed by atoms with Gasteiger partial charge in [-0.25, -0.2) is 8.42 Å². The summed E-state index contributed by atoms with van der Waals surface area (Å²) in [4.78, 5) is 12.2. The van der Waals surface area contributed by atoms with Gasteiger partial charge in [-0.15, -0.1) is 12.4 Å². The lowest BCUT2D eigenvalue weighted by atomic mass is 10.2. The number of nitrogens with zero attached hydrogens (tertiary/aromatic N) is 1. The molecule has 1 saturated carbocycles. The van der Waals surface area contributed by atoms with Gasteiger partial charge in [0.15, 0.2) is 0 Å². The van der Waals surface area contributed by atoms with E-state index in [-0.39, 0.29) is 29.8 Å². The SMILES string of the molecule is Cl.NC1(C(=O)NCc2ccccc2S(=O)(=O)N2CCCCC2)CC1. The highest BCUT2D eigenvalue weighted by Crippen LogP contribution is 2.32. The van der Waals surface area contributed by atoms with Gasteiger partial charge in [0.05, 0.1) is 10.4 Å². The van der Waals surface area contributed by atoms with Crippen LogP contribution >= 0.6 is 12.4 Å². The molecule has 1 saturated heterocycles. The van der Waals surface area contributed by atoms with Crippen molar-refractivity contribution < 1.29 is 13.2 Å². The number of halogens is 1. The molecule has 6 nitrogen and oxygen atoms in total. The number of amides is 1. The monoisotopic (exact) mass is 373 g/mol. The topological polar surface area (TPSA) is 92.5 Å². The van der Waals surface area contributed by atoms with Crippen molar-refractivity contribution in [2.75, 3.05) is 13.1 Å². The summed E-state index contributed by atoms with van der Waals surface area (Å²) in [7, 11) is -3.51. The molecule has 1 aliphatic heterocycles. The van der Waals surface area contributed by atoms with E-state index < -0.39 is 15.6 Å². The molecular formula is C16H24ClN3O3S. The summed E-state index contributed by atoms with van der Waals surface area (Å²) < 4.78 is 27.2. The van der Waals surface area contributed by atoms with Gasteiger partial charge in [0.25, 0.3) is 0 Å². The summed E-state index contributed by atoms with van der Waals surface area (Å²) in [5, 5.41) is 2.77. The molecule has 3 rings (SSSR count). The standard InChI is InChI=1S/C16H23N3O3S.ClH/c17-16(8-9-16)15(20)18-12-13-6-2-3-7-14(13)23(21,22)19-10-4-1-5-11-19;/h2-3,6-7H,1,4-5,8-12,17H2,(H,18,20);1H. The average Bonchev–Trinajstić information content (AvgIpc) is 3.32. The molecule has 0 atom stereocenters. The molecule has 0 unspecified atom stereocenters. The van der Waals surface area contributed by atoms with Gasteiger partial charge in [-0.05, 0) is 37.3 Å². The average molecular weight is 374 g/mol. The molecule has 0 radical (unpaired) electrons.